The molecule has 1 aliphatic heterocycles. The third-order valence-corrected chi connectivity index (χ3v) is 5.11. The Hall–Kier alpha value is -3.42. The molecule has 30 heavy (non-hydrogen) atoms. The number of imidazole rings is 1. The fourth-order valence-corrected chi connectivity index (χ4v) is 3.70. The van der Waals surface area contributed by atoms with Crippen molar-refractivity contribution < 1.29 is 19.0 Å². The van der Waals surface area contributed by atoms with E-state index in [1.807, 2.05) is 0 Å². The first-order valence-corrected chi connectivity index (χ1v) is 9.65. The predicted octanol–water partition coefficient (Wildman–Crippen LogP) is 5.88. The van der Waals surface area contributed by atoms with Gasteiger partial charge in [0.25, 0.3) is 0 Å². The Bertz CT molecular complexity index is 1270. The standard InChI is InChI=1S/C21H13Cl2N3O4/c22-13-2-1-3-14(23)19(13)20-25-15-6-5-12(9-16(15)26-20)30-21(27)24-11-4-7-17-18(8-11)29-10-28-17/h1-9H,10H2,(H,24,27)(H,25,26). The summed E-state index contributed by atoms with van der Waals surface area (Å²) in [6, 6.07) is 15.4. The van der Waals surface area contributed by atoms with Gasteiger partial charge in [-0.15, -0.1) is 0 Å². The average molecular weight is 442 g/mol. The summed E-state index contributed by atoms with van der Waals surface area (Å²) in [5.41, 5.74) is 2.50. The molecule has 0 saturated heterocycles. The zero-order valence-corrected chi connectivity index (χ0v) is 16.8. The van der Waals surface area contributed by atoms with Gasteiger partial charge in [0.1, 0.15) is 11.6 Å². The number of carbonyl (C=O) groups excluding carboxylic acids is 1. The SMILES string of the molecule is O=C(Nc1ccc2c(c1)OCO2)Oc1ccc2nc(-c3c(Cl)cccc3Cl)[nH]c2c1. The molecule has 150 valence electrons. The quantitative estimate of drug-likeness (QED) is 0.414. The van der Waals surface area contributed by atoms with E-state index in [9.17, 15) is 4.79 Å². The van der Waals surface area contributed by atoms with Crippen molar-refractivity contribution in [2.24, 2.45) is 0 Å². The molecule has 0 unspecified atom stereocenters. The van der Waals surface area contributed by atoms with Gasteiger partial charge < -0.3 is 19.2 Å². The first-order chi connectivity index (χ1) is 14.6. The second-order valence-corrected chi connectivity index (χ2v) is 7.26. The number of fused-ring (bicyclic) bond motifs is 2. The fraction of sp³-hybridized carbons (Fsp3) is 0.0476. The molecule has 0 aliphatic carbocycles. The van der Waals surface area contributed by atoms with Crippen LogP contribution in [0.25, 0.3) is 22.4 Å². The average Bonchev–Trinajstić information content (AvgIpc) is 3.33. The van der Waals surface area contributed by atoms with Crippen molar-refractivity contribution in [1.29, 1.82) is 0 Å². The first-order valence-electron chi connectivity index (χ1n) is 8.89. The van der Waals surface area contributed by atoms with Crippen LogP contribution in [0, 0.1) is 0 Å². The van der Waals surface area contributed by atoms with Crippen LogP contribution in [0.2, 0.25) is 10.0 Å². The highest BCUT2D eigenvalue weighted by Crippen LogP contribution is 2.35. The van der Waals surface area contributed by atoms with Crippen molar-refractivity contribution in [2.45, 2.75) is 0 Å². The monoisotopic (exact) mass is 441 g/mol. The minimum atomic E-state index is -0.637. The molecule has 7 nitrogen and oxygen atoms in total. The lowest BCUT2D eigenvalue weighted by atomic mass is 10.2. The summed E-state index contributed by atoms with van der Waals surface area (Å²) in [5.74, 6) is 2.08. The van der Waals surface area contributed by atoms with Crippen LogP contribution in [0.15, 0.2) is 54.6 Å². The number of halogens is 2. The van der Waals surface area contributed by atoms with E-state index in [4.69, 9.17) is 37.4 Å². The minimum absolute atomic E-state index is 0.162. The van der Waals surface area contributed by atoms with Crippen LogP contribution in [0.1, 0.15) is 0 Å². The molecular weight excluding hydrogens is 429 g/mol. The number of nitrogens with zero attached hydrogens (tertiary/aromatic N) is 1. The Balaban J connectivity index is 1.35. The minimum Gasteiger partial charge on any atom is -0.454 e. The number of aromatic nitrogens is 2. The maximum absolute atomic E-state index is 12.3. The number of nitrogens with one attached hydrogen (secondary N) is 2. The lowest BCUT2D eigenvalue weighted by molar-refractivity contribution is 0.174. The van der Waals surface area contributed by atoms with E-state index in [1.165, 1.54) is 0 Å². The molecule has 4 aromatic rings. The lowest BCUT2D eigenvalue weighted by Gasteiger charge is -2.07. The van der Waals surface area contributed by atoms with Gasteiger partial charge in [-0.2, -0.15) is 0 Å². The highest BCUT2D eigenvalue weighted by molar-refractivity contribution is 6.39. The summed E-state index contributed by atoms with van der Waals surface area (Å²) in [6.07, 6.45) is -0.637. The maximum atomic E-state index is 12.3. The van der Waals surface area contributed by atoms with Gasteiger partial charge in [-0.25, -0.2) is 9.78 Å². The summed E-state index contributed by atoms with van der Waals surface area (Å²) in [4.78, 5) is 20.0. The van der Waals surface area contributed by atoms with E-state index in [0.717, 1.165) is 0 Å². The van der Waals surface area contributed by atoms with Crippen molar-refractivity contribution in [3.05, 3.63) is 64.6 Å². The number of hydrogen-bond acceptors (Lipinski definition) is 5. The van der Waals surface area contributed by atoms with Crippen LogP contribution in [0.4, 0.5) is 10.5 Å². The van der Waals surface area contributed by atoms with E-state index in [1.54, 1.807) is 54.6 Å². The molecule has 3 aromatic carbocycles. The van der Waals surface area contributed by atoms with Crippen molar-refractivity contribution in [2.75, 3.05) is 12.1 Å². The van der Waals surface area contributed by atoms with E-state index >= 15 is 0 Å². The summed E-state index contributed by atoms with van der Waals surface area (Å²) < 4.78 is 15.9. The fourth-order valence-electron chi connectivity index (χ4n) is 3.12. The molecule has 0 spiro atoms. The number of H-pyrrole nitrogens is 1. The normalized spacial score (nSPS) is 12.2. The number of carbonyl (C=O) groups is 1. The molecule has 0 bridgehead atoms. The van der Waals surface area contributed by atoms with Crippen LogP contribution in [-0.2, 0) is 0 Å². The van der Waals surface area contributed by atoms with Crippen LogP contribution in [0.3, 0.4) is 0 Å². The predicted molar refractivity (Wildman–Crippen MR) is 114 cm³/mol. The van der Waals surface area contributed by atoms with Gasteiger partial charge in [-0.3, -0.25) is 5.32 Å². The largest absolute Gasteiger partial charge is 0.454 e. The van der Waals surface area contributed by atoms with Gasteiger partial charge in [0.05, 0.1) is 26.6 Å². The van der Waals surface area contributed by atoms with E-state index in [-0.39, 0.29) is 6.79 Å². The van der Waals surface area contributed by atoms with Crippen molar-refractivity contribution >= 4 is 46.0 Å². The van der Waals surface area contributed by atoms with Crippen LogP contribution in [-0.4, -0.2) is 22.9 Å². The van der Waals surface area contributed by atoms with Gasteiger partial charge in [-0.05, 0) is 36.4 Å². The zero-order valence-electron chi connectivity index (χ0n) is 15.2. The van der Waals surface area contributed by atoms with Gasteiger partial charge in [0.15, 0.2) is 11.5 Å². The number of rotatable bonds is 3. The number of aromatic amines is 1. The van der Waals surface area contributed by atoms with E-state index < -0.39 is 6.09 Å². The number of benzene rings is 3. The highest BCUT2D eigenvalue weighted by Gasteiger charge is 2.16. The molecule has 9 heteroatoms. The van der Waals surface area contributed by atoms with Crippen molar-refractivity contribution in [1.82, 2.24) is 9.97 Å². The number of amides is 1. The molecule has 1 aromatic heterocycles. The maximum Gasteiger partial charge on any atom is 0.417 e. The first kappa shape index (κ1) is 18.6. The summed E-state index contributed by atoms with van der Waals surface area (Å²) in [7, 11) is 0. The van der Waals surface area contributed by atoms with Gasteiger partial charge in [-0.1, -0.05) is 29.3 Å². The molecular formula is C21H13Cl2N3O4. The van der Waals surface area contributed by atoms with Crippen LogP contribution in [0.5, 0.6) is 17.2 Å². The summed E-state index contributed by atoms with van der Waals surface area (Å²) in [6.45, 7) is 0.162. The van der Waals surface area contributed by atoms with Crippen LogP contribution < -0.4 is 19.5 Å². The molecule has 5 rings (SSSR count). The second kappa shape index (κ2) is 7.44. The Morgan fingerprint density at radius 3 is 2.67 bits per heavy atom. The number of ether oxygens (including phenoxy) is 3. The molecule has 0 saturated carbocycles. The molecule has 0 fully saturated rings. The van der Waals surface area contributed by atoms with E-state index in [2.05, 4.69) is 15.3 Å². The molecule has 1 amide bonds. The van der Waals surface area contributed by atoms with Crippen molar-refractivity contribution in [3.63, 3.8) is 0 Å². The number of hydrogen-bond donors (Lipinski definition) is 2. The highest BCUT2D eigenvalue weighted by atomic mass is 35.5. The Morgan fingerprint density at radius 2 is 1.83 bits per heavy atom. The summed E-state index contributed by atoms with van der Waals surface area (Å²) in [5, 5.41) is 3.63. The molecule has 2 heterocycles. The van der Waals surface area contributed by atoms with Gasteiger partial charge >= 0.3 is 6.09 Å². The third kappa shape index (κ3) is 3.49. The Morgan fingerprint density at radius 1 is 1.03 bits per heavy atom. The second-order valence-electron chi connectivity index (χ2n) is 6.44. The summed E-state index contributed by atoms with van der Waals surface area (Å²) >= 11 is 12.5. The number of anilines is 1. The Kier molecular flexibility index (Phi) is 4.61. The smallest absolute Gasteiger partial charge is 0.417 e. The Labute approximate surface area is 180 Å². The van der Waals surface area contributed by atoms with Crippen LogP contribution >= 0.6 is 23.2 Å². The van der Waals surface area contributed by atoms with Gasteiger partial charge in [0, 0.05) is 17.8 Å². The van der Waals surface area contributed by atoms with E-state index in [0.29, 0.717) is 55.4 Å². The van der Waals surface area contributed by atoms with Crippen molar-refractivity contribution in [3.8, 4) is 28.6 Å². The lowest BCUT2D eigenvalue weighted by Crippen LogP contribution is -2.16. The molecule has 1 aliphatic rings. The molecule has 2 N–H and O–H groups in total. The topological polar surface area (TPSA) is 85.5 Å². The zero-order chi connectivity index (χ0) is 20.7. The van der Waals surface area contributed by atoms with Gasteiger partial charge in [0.2, 0.25) is 6.79 Å². The third-order valence-electron chi connectivity index (χ3n) is 4.48. The molecule has 0 atom stereocenters. The molecule has 0 radical (unpaired) electrons.